The van der Waals surface area contributed by atoms with Crippen molar-refractivity contribution in [3.8, 4) is 0 Å². The Morgan fingerprint density at radius 1 is 1.56 bits per heavy atom. The third-order valence-electron chi connectivity index (χ3n) is 1.91. The molecule has 0 heterocycles. The van der Waals surface area contributed by atoms with Crippen LogP contribution in [0.2, 0.25) is 0 Å². The number of allylic oxidation sites excluding steroid dienone is 2. The van der Waals surface area contributed by atoms with Gasteiger partial charge in [0.15, 0.2) is 0 Å². The Bertz CT molecular complexity index is 134. The summed E-state index contributed by atoms with van der Waals surface area (Å²) in [5, 5.41) is 9.24. The van der Waals surface area contributed by atoms with Gasteiger partial charge in [0, 0.05) is 5.41 Å². The summed E-state index contributed by atoms with van der Waals surface area (Å²) in [6.45, 7) is 4.10. The van der Waals surface area contributed by atoms with Crippen LogP contribution in [-0.2, 0) is 0 Å². The third-order valence-corrected chi connectivity index (χ3v) is 1.91. The molecule has 1 radical (unpaired) electrons. The van der Waals surface area contributed by atoms with Gasteiger partial charge in [-0.2, -0.15) is 0 Å². The van der Waals surface area contributed by atoms with Gasteiger partial charge in [0.25, 0.3) is 0 Å². The van der Waals surface area contributed by atoms with Crippen LogP contribution in [-0.4, -0.2) is 5.11 Å². The second-order valence-electron chi connectivity index (χ2n) is 3.26. The van der Waals surface area contributed by atoms with Crippen LogP contribution in [0.5, 0.6) is 0 Å². The molecule has 0 atom stereocenters. The van der Waals surface area contributed by atoms with Crippen LogP contribution in [0, 0.1) is 11.5 Å². The summed E-state index contributed by atoms with van der Waals surface area (Å²) in [6, 6.07) is 0. The molecule has 1 nitrogen and oxygen atoms in total. The predicted octanol–water partition coefficient (Wildman–Crippen LogP) is 2.44. The number of rotatable bonds is 0. The van der Waals surface area contributed by atoms with E-state index in [9.17, 15) is 5.11 Å². The summed E-state index contributed by atoms with van der Waals surface area (Å²) < 4.78 is 0. The fourth-order valence-corrected chi connectivity index (χ4v) is 1.09. The van der Waals surface area contributed by atoms with E-state index in [1.54, 1.807) is 0 Å². The smallest absolute Gasteiger partial charge is 0.101 e. The highest BCUT2D eigenvalue weighted by atomic mass is 16.3. The van der Waals surface area contributed by atoms with Crippen molar-refractivity contribution in [2.75, 3.05) is 0 Å². The van der Waals surface area contributed by atoms with Crippen LogP contribution in [0.4, 0.5) is 0 Å². The Labute approximate surface area is 56.4 Å². The average molecular weight is 125 g/mol. The van der Waals surface area contributed by atoms with Crippen molar-refractivity contribution >= 4 is 0 Å². The molecule has 0 saturated heterocycles. The molecule has 1 rings (SSSR count). The number of hydrogen-bond acceptors (Lipinski definition) is 1. The monoisotopic (exact) mass is 125 g/mol. The fraction of sp³-hybridized carbons (Fsp3) is 0.750. The van der Waals surface area contributed by atoms with Gasteiger partial charge in [-0.05, 0) is 25.3 Å². The number of hydrogen-bond donors (Lipinski definition) is 1. The molecule has 0 amide bonds. The Kier molecular flexibility index (Phi) is 1.52. The first-order valence-electron chi connectivity index (χ1n) is 3.43. The highest BCUT2D eigenvalue weighted by Crippen LogP contribution is 2.33. The van der Waals surface area contributed by atoms with Crippen molar-refractivity contribution in [2.24, 2.45) is 5.41 Å². The molecule has 0 aliphatic heterocycles. The molecule has 1 aliphatic carbocycles. The van der Waals surface area contributed by atoms with Gasteiger partial charge in [-0.25, -0.2) is 0 Å². The Hall–Kier alpha value is -0.460. The number of aliphatic hydroxyl groups excluding tert-OH is 1. The topological polar surface area (TPSA) is 20.2 Å². The van der Waals surface area contributed by atoms with Gasteiger partial charge in [0.1, 0.15) is 5.76 Å². The molecular weight excluding hydrogens is 112 g/mol. The lowest BCUT2D eigenvalue weighted by Crippen LogP contribution is -2.17. The molecule has 1 aliphatic rings. The average Bonchev–Trinajstić information content (AvgIpc) is 1.77. The summed E-state index contributed by atoms with van der Waals surface area (Å²) in [5.74, 6) is 0.453. The van der Waals surface area contributed by atoms with Crippen molar-refractivity contribution < 1.29 is 5.11 Å². The van der Waals surface area contributed by atoms with E-state index in [1.165, 1.54) is 0 Å². The molecule has 0 unspecified atom stereocenters. The van der Waals surface area contributed by atoms with Crippen molar-refractivity contribution in [2.45, 2.75) is 33.1 Å². The number of aliphatic hydroxyl groups is 1. The van der Waals surface area contributed by atoms with Gasteiger partial charge in [-0.3, -0.25) is 0 Å². The maximum absolute atomic E-state index is 9.24. The van der Waals surface area contributed by atoms with Crippen molar-refractivity contribution in [3.63, 3.8) is 0 Å². The van der Waals surface area contributed by atoms with E-state index in [1.807, 2.05) is 0 Å². The molecular formula is C8H13O. The van der Waals surface area contributed by atoms with E-state index in [-0.39, 0.29) is 5.41 Å². The lowest BCUT2D eigenvalue weighted by Gasteiger charge is -2.26. The first-order valence-corrected chi connectivity index (χ1v) is 3.43. The van der Waals surface area contributed by atoms with Gasteiger partial charge in [-0.1, -0.05) is 13.8 Å². The first kappa shape index (κ1) is 6.66. The Balaban J connectivity index is 2.73. The predicted molar refractivity (Wildman–Crippen MR) is 37.0 cm³/mol. The van der Waals surface area contributed by atoms with Crippen molar-refractivity contribution in [1.29, 1.82) is 0 Å². The van der Waals surface area contributed by atoms with Crippen molar-refractivity contribution in [3.05, 3.63) is 11.8 Å². The molecule has 0 saturated carbocycles. The zero-order valence-corrected chi connectivity index (χ0v) is 6.07. The molecule has 0 bridgehead atoms. The molecule has 0 spiro atoms. The summed E-state index contributed by atoms with van der Waals surface area (Å²) in [5.41, 5.74) is -0.00174. The molecule has 0 fully saturated rings. The lowest BCUT2D eigenvalue weighted by molar-refractivity contribution is 0.221. The first-order chi connectivity index (χ1) is 4.13. The highest BCUT2D eigenvalue weighted by molar-refractivity contribution is 5.01. The minimum atomic E-state index is -0.00174. The van der Waals surface area contributed by atoms with Crippen LogP contribution < -0.4 is 0 Å². The fourth-order valence-electron chi connectivity index (χ4n) is 1.09. The van der Waals surface area contributed by atoms with Crippen LogP contribution in [0.3, 0.4) is 0 Å². The van der Waals surface area contributed by atoms with Crippen LogP contribution in [0.1, 0.15) is 33.1 Å². The molecule has 51 valence electrons. The van der Waals surface area contributed by atoms with Gasteiger partial charge in [0.2, 0.25) is 0 Å². The second-order valence-corrected chi connectivity index (χ2v) is 3.26. The molecule has 9 heavy (non-hydrogen) atoms. The third kappa shape index (κ3) is 1.26. The van der Waals surface area contributed by atoms with Crippen LogP contribution in [0.25, 0.3) is 0 Å². The van der Waals surface area contributed by atoms with E-state index in [4.69, 9.17) is 0 Å². The summed E-state index contributed by atoms with van der Waals surface area (Å²) >= 11 is 0. The van der Waals surface area contributed by atoms with Gasteiger partial charge in [-0.15, -0.1) is 0 Å². The van der Waals surface area contributed by atoms with E-state index >= 15 is 0 Å². The Morgan fingerprint density at radius 2 is 2.22 bits per heavy atom. The molecule has 0 aromatic carbocycles. The van der Waals surface area contributed by atoms with Gasteiger partial charge < -0.3 is 5.11 Å². The largest absolute Gasteiger partial charge is 0.511 e. The normalized spacial score (nSPS) is 25.3. The maximum Gasteiger partial charge on any atom is 0.101 e. The zero-order chi connectivity index (χ0) is 6.91. The minimum absolute atomic E-state index is 0.00174. The Morgan fingerprint density at radius 3 is 2.56 bits per heavy atom. The SMILES string of the molecule is CC1(C)CCC[C]=C1O. The van der Waals surface area contributed by atoms with E-state index < -0.39 is 0 Å². The quantitative estimate of drug-likeness (QED) is 0.527. The van der Waals surface area contributed by atoms with Crippen LogP contribution in [0.15, 0.2) is 5.76 Å². The van der Waals surface area contributed by atoms with Gasteiger partial charge in [0.05, 0.1) is 0 Å². The maximum atomic E-state index is 9.24. The molecule has 0 aromatic rings. The van der Waals surface area contributed by atoms with E-state index in [0.29, 0.717) is 5.76 Å². The minimum Gasteiger partial charge on any atom is -0.511 e. The molecule has 1 N–H and O–H groups in total. The van der Waals surface area contributed by atoms with Crippen molar-refractivity contribution in [1.82, 2.24) is 0 Å². The summed E-state index contributed by atoms with van der Waals surface area (Å²) in [6.07, 6.45) is 6.12. The van der Waals surface area contributed by atoms with Gasteiger partial charge >= 0.3 is 0 Å². The lowest BCUT2D eigenvalue weighted by atomic mass is 9.81. The highest BCUT2D eigenvalue weighted by Gasteiger charge is 2.24. The molecule has 1 heteroatoms. The van der Waals surface area contributed by atoms with E-state index in [0.717, 1.165) is 19.3 Å². The van der Waals surface area contributed by atoms with E-state index in [2.05, 4.69) is 19.9 Å². The van der Waals surface area contributed by atoms with Crippen LogP contribution >= 0.6 is 0 Å². The standard InChI is InChI=1S/C8H13O/c1-8(2)6-4-3-5-7(8)9/h9H,3-4,6H2,1-2H3. The molecule has 0 aromatic heterocycles. The summed E-state index contributed by atoms with van der Waals surface area (Å²) in [4.78, 5) is 0. The second kappa shape index (κ2) is 2.05. The zero-order valence-electron chi connectivity index (χ0n) is 6.07. The summed E-state index contributed by atoms with van der Waals surface area (Å²) in [7, 11) is 0.